The van der Waals surface area contributed by atoms with Crippen molar-refractivity contribution < 1.29 is 14.3 Å². The van der Waals surface area contributed by atoms with E-state index in [-0.39, 0.29) is 17.9 Å². The van der Waals surface area contributed by atoms with E-state index in [0.717, 1.165) is 13.0 Å². The van der Waals surface area contributed by atoms with Gasteiger partial charge in [-0.3, -0.25) is 14.5 Å². The van der Waals surface area contributed by atoms with Crippen molar-refractivity contribution in [3.63, 3.8) is 0 Å². The van der Waals surface area contributed by atoms with Gasteiger partial charge in [-0.05, 0) is 13.3 Å². The molecule has 1 atom stereocenters. The third kappa shape index (κ3) is 3.48. The first kappa shape index (κ1) is 13.0. The van der Waals surface area contributed by atoms with Crippen LogP contribution in [-0.4, -0.2) is 49.1 Å². The maximum absolute atomic E-state index is 11.5. The highest BCUT2D eigenvalue weighted by molar-refractivity contribution is 5.82. The van der Waals surface area contributed by atoms with Gasteiger partial charge in [0.25, 0.3) is 0 Å². The fourth-order valence-corrected chi connectivity index (χ4v) is 1.94. The summed E-state index contributed by atoms with van der Waals surface area (Å²) >= 11 is 0. The number of nitrogens with one attached hydrogen (secondary N) is 1. The molecular formula is C11H20N2O3. The molecule has 1 aliphatic rings. The summed E-state index contributed by atoms with van der Waals surface area (Å²) in [7, 11) is 0. The second kappa shape index (κ2) is 6.48. The molecule has 5 heteroatoms. The van der Waals surface area contributed by atoms with Crippen molar-refractivity contribution in [2.75, 3.05) is 26.2 Å². The van der Waals surface area contributed by atoms with E-state index in [1.54, 1.807) is 6.92 Å². The van der Waals surface area contributed by atoms with Gasteiger partial charge in [-0.25, -0.2) is 0 Å². The van der Waals surface area contributed by atoms with Crippen molar-refractivity contribution in [3.8, 4) is 0 Å². The summed E-state index contributed by atoms with van der Waals surface area (Å²) in [5, 5.41) is 2.83. The molecule has 92 valence electrons. The van der Waals surface area contributed by atoms with Gasteiger partial charge in [0.05, 0.1) is 19.1 Å². The van der Waals surface area contributed by atoms with Crippen molar-refractivity contribution >= 4 is 11.9 Å². The van der Waals surface area contributed by atoms with Crippen LogP contribution in [0, 0.1) is 0 Å². The summed E-state index contributed by atoms with van der Waals surface area (Å²) < 4.78 is 4.86. The second-order valence-corrected chi connectivity index (χ2v) is 3.81. The molecule has 1 rings (SSSR count). The Bertz CT molecular complexity index is 256. The maximum atomic E-state index is 11.5. The fraction of sp³-hybridized carbons (Fsp3) is 0.818. The number of ether oxygens (including phenoxy) is 1. The summed E-state index contributed by atoms with van der Waals surface area (Å²) in [5.74, 6) is -0.124. The highest BCUT2D eigenvalue weighted by atomic mass is 16.5. The predicted molar refractivity (Wildman–Crippen MR) is 59.9 cm³/mol. The van der Waals surface area contributed by atoms with E-state index in [2.05, 4.69) is 10.2 Å². The number of esters is 1. The Balaban J connectivity index is 2.39. The van der Waals surface area contributed by atoms with Gasteiger partial charge in [0, 0.05) is 19.6 Å². The lowest BCUT2D eigenvalue weighted by Crippen LogP contribution is -2.55. The van der Waals surface area contributed by atoms with Crippen molar-refractivity contribution in [3.05, 3.63) is 0 Å². The number of rotatable bonds is 5. The number of carbonyl (C=O) groups is 2. The smallest absolute Gasteiger partial charge is 0.307 e. The predicted octanol–water partition coefficient (Wildman–Crippen LogP) is 0.150. The van der Waals surface area contributed by atoms with Crippen LogP contribution in [0.3, 0.4) is 0 Å². The van der Waals surface area contributed by atoms with E-state index in [0.29, 0.717) is 26.1 Å². The maximum Gasteiger partial charge on any atom is 0.307 e. The molecule has 1 saturated heterocycles. The van der Waals surface area contributed by atoms with Crippen LogP contribution in [0.2, 0.25) is 0 Å². The molecule has 0 spiro atoms. The standard InChI is InChI=1S/C11H20N2O3/c1-3-9-11(15)12-6-8-13(9)7-5-10(14)16-4-2/h9H,3-8H2,1-2H3,(H,12,15). The van der Waals surface area contributed by atoms with Crippen LogP contribution in [0.5, 0.6) is 0 Å². The van der Waals surface area contributed by atoms with Crippen molar-refractivity contribution in [1.29, 1.82) is 0 Å². The number of nitrogens with zero attached hydrogens (tertiary/aromatic N) is 1. The number of amides is 1. The third-order valence-electron chi connectivity index (χ3n) is 2.74. The molecule has 5 nitrogen and oxygen atoms in total. The van der Waals surface area contributed by atoms with Crippen molar-refractivity contribution in [2.45, 2.75) is 32.7 Å². The van der Waals surface area contributed by atoms with E-state index in [1.165, 1.54) is 0 Å². The Hall–Kier alpha value is -1.10. The lowest BCUT2D eigenvalue weighted by atomic mass is 10.1. The first-order chi connectivity index (χ1) is 7.69. The van der Waals surface area contributed by atoms with E-state index >= 15 is 0 Å². The van der Waals surface area contributed by atoms with Gasteiger partial charge in [-0.2, -0.15) is 0 Å². The highest BCUT2D eigenvalue weighted by Gasteiger charge is 2.27. The Morgan fingerprint density at radius 2 is 2.31 bits per heavy atom. The summed E-state index contributed by atoms with van der Waals surface area (Å²) in [6, 6.07) is -0.0943. The Morgan fingerprint density at radius 3 is 2.94 bits per heavy atom. The van der Waals surface area contributed by atoms with Gasteiger partial charge < -0.3 is 10.1 Å². The molecular weight excluding hydrogens is 208 g/mol. The van der Waals surface area contributed by atoms with Crippen molar-refractivity contribution in [2.24, 2.45) is 0 Å². The molecule has 1 aliphatic heterocycles. The molecule has 0 saturated carbocycles. The second-order valence-electron chi connectivity index (χ2n) is 3.81. The molecule has 1 heterocycles. The minimum atomic E-state index is -0.191. The molecule has 0 aliphatic carbocycles. The molecule has 0 radical (unpaired) electrons. The lowest BCUT2D eigenvalue weighted by molar-refractivity contribution is -0.144. The van der Waals surface area contributed by atoms with Gasteiger partial charge in [0.2, 0.25) is 5.91 Å². The van der Waals surface area contributed by atoms with Crippen LogP contribution in [0.15, 0.2) is 0 Å². The molecule has 1 amide bonds. The Morgan fingerprint density at radius 1 is 1.56 bits per heavy atom. The van der Waals surface area contributed by atoms with Gasteiger partial charge in [-0.1, -0.05) is 6.92 Å². The van der Waals surface area contributed by atoms with Crippen LogP contribution in [0.4, 0.5) is 0 Å². The highest BCUT2D eigenvalue weighted by Crippen LogP contribution is 2.09. The first-order valence-corrected chi connectivity index (χ1v) is 5.86. The number of carbonyl (C=O) groups excluding carboxylic acids is 2. The zero-order chi connectivity index (χ0) is 12.0. The summed E-state index contributed by atoms with van der Waals surface area (Å²) in [4.78, 5) is 24.8. The van der Waals surface area contributed by atoms with Crippen molar-refractivity contribution in [1.82, 2.24) is 10.2 Å². The Kier molecular flexibility index (Phi) is 5.25. The molecule has 0 aromatic rings. The average molecular weight is 228 g/mol. The summed E-state index contributed by atoms with van der Waals surface area (Å²) in [6.07, 6.45) is 1.13. The number of hydrogen-bond acceptors (Lipinski definition) is 4. The number of hydrogen-bond donors (Lipinski definition) is 1. The summed E-state index contributed by atoms with van der Waals surface area (Å²) in [5.41, 5.74) is 0. The fourth-order valence-electron chi connectivity index (χ4n) is 1.94. The molecule has 0 aromatic heterocycles. The minimum Gasteiger partial charge on any atom is -0.466 e. The van der Waals surface area contributed by atoms with Gasteiger partial charge >= 0.3 is 5.97 Å². The van der Waals surface area contributed by atoms with Crippen LogP contribution in [0.1, 0.15) is 26.7 Å². The Labute approximate surface area is 96.1 Å². The summed E-state index contributed by atoms with van der Waals surface area (Å²) in [6.45, 7) is 6.26. The zero-order valence-electron chi connectivity index (χ0n) is 9.99. The van der Waals surface area contributed by atoms with Crippen LogP contribution in [0.25, 0.3) is 0 Å². The van der Waals surface area contributed by atoms with E-state index < -0.39 is 0 Å². The van der Waals surface area contributed by atoms with E-state index in [9.17, 15) is 9.59 Å². The van der Waals surface area contributed by atoms with E-state index in [1.807, 2.05) is 6.92 Å². The topological polar surface area (TPSA) is 58.6 Å². The largest absolute Gasteiger partial charge is 0.466 e. The minimum absolute atomic E-state index is 0.0672. The monoisotopic (exact) mass is 228 g/mol. The van der Waals surface area contributed by atoms with Crippen LogP contribution in [-0.2, 0) is 14.3 Å². The third-order valence-corrected chi connectivity index (χ3v) is 2.74. The molecule has 1 unspecified atom stereocenters. The SMILES string of the molecule is CCOC(=O)CCN1CCNC(=O)C1CC. The molecule has 0 aromatic carbocycles. The molecule has 1 N–H and O–H groups in total. The van der Waals surface area contributed by atoms with Crippen LogP contribution < -0.4 is 5.32 Å². The number of piperazine rings is 1. The molecule has 1 fully saturated rings. The molecule has 0 bridgehead atoms. The quantitative estimate of drug-likeness (QED) is 0.680. The van der Waals surface area contributed by atoms with Gasteiger partial charge in [-0.15, -0.1) is 0 Å². The van der Waals surface area contributed by atoms with Gasteiger partial charge in [0.15, 0.2) is 0 Å². The normalized spacial score (nSPS) is 21.6. The first-order valence-electron chi connectivity index (χ1n) is 5.86. The zero-order valence-corrected chi connectivity index (χ0v) is 9.99. The van der Waals surface area contributed by atoms with Gasteiger partial charge in [0.1, 0.15) is 0 Å². The lowest BCUT2D eigenvalue weighted by Gasteiger charge is -2.34. The van der Waals surface area contributed by atoms with Crippen LogP contribution >= 0.6 is 0 Å². The average Bonchev–Trinajstić information content (AvgIpc) is 2.27. The van der Waals surface area contributed by atoms with E-state index in [4.69, 9.17) is 4.74 Å². The molecule has 16 heavy (non-hydrogen) atoms.